The molecule has 1 saturated carbocycles. The Labute approximate surface area is 148 Å². The van der Waals surface area contributed by atoms with Gasteiger partial charge in [0.2, 0.25) is 11.8 Å². The number of nitrogens with zero attached hydrogens (tertiary/aromatic N) is 2. The maximum atomic E-state index is 12.6. The highest BCUT2D eigenvalue weighted by Crippen LogP contribution is 2.32. The van der Waals surface area contributed by atoms with Gasteiger partial charge in [-0.25, -0.2) is 0 Å². The van der Waals surface area contributed by atoms with Crippen LogP contribution in [0.15, 0.2) is 17.5 Å². The van der Waals surface area contributed by atoms with Crippen LogP contribution in [0.2, 0.25) is 0 Å². The van der Waals surface area contributed by atoms with Gasteiger partial charge >= 0.3 is 0 Å². The lowest BCUT2D eigenvalue weighted by atomic mass is 9.96. The van der Waals surface area contributed by atoms with Crippen molar-refractivity contribution in [1.29, 1.82) is 0 Å². The number of piperidine rings is 1. The van der Waals surface area contributed by atoms with Crippen LogP contribution in [0.25, 0.3) is 0 Å². The lowest BCUT2D eigenvalue weighted by Gasteiger charge is -2.33. The SMILES string of the molecule is CN(C)[C@@H](CNC(=O)[C@@H]1CCCN(C(=O)C2CC2)C1)c1cccs1. The number of thiophene rings is 1. The van der Waals surface area contributed by atoms with E-state index in [1.54, 1.807) is 11.3 Å². The van der Waals surface area contributed by atoms with E-state index in [1.165, 1.54) is 4.88 Å². The summed E-state index contributed by atoms with van der Waals surface area (Å²) >= 11 is 1.72. The molecule has 24 heavy (non-hydrogen) atoms. The topological polar surface area (TPSA) is 52.7 Å². The van der Waals surface area contributed by atoms with Crippen molar-refractivity contribution in [2.75, 3.05) is 33.7 Å². The maximum Gasteiger partial charge on any atom is 0.225 e. The van der Waals surface area contributed by atoms with Gasteiger partial charge in [0.1, 0.15) is 0 Å². The summed E-state index contributed by atoms with van der Waals surface area (Å²) in [5.74, 6) is 0.528. The Hall–Kier alpha value is -1.40. The van der Waals surface area contributed by atoms with E-state index in [0.717, 1.165) is 32.2 Å². The number of carbonyl (C=O) groups excluding carboxylic acids is 2. The molecule has 2 amide bonds. The van der Waals surface area contributed by atoms with Crippen LogP contribution in [-0.4, -0.2) is 55.3 Å². The molecule has 0 aromatic carbocycles. The molecule has 0 radical (unpaired) electrons. The zero-order valence-corrected chi connectivity index (χ0v) is 15.3. The first-order valence-electron chi connectivity index (χ1n) is 8.82. The molecule has 0 spiro atoms. The third kappa shape index (κ3) is 4.16. The standard InChI is InChI=1S/C18H27N3O2S/c1-20(2)15(16-6-4-10-24-16)11-19-17(22)14-5-3-9-21(12-14)18(23)13-7-8-13/h4,6,10,13-15H,3,5,7-9,11-12H2,1-2H3,(H,19,22)/t14-,15+/m1/s1. The molecule has 2 fully saturated rings. The van der Waals surface area contributed by atoms with Crippen LogP contribution in [0.4, 0.5) is 0 Å². The summed E-state index contributed by atoms with van der Waals surface area (Å²) in [5.41, 5.74) is 0. The normalized spacial score (nSPS) is 22.5. The zero-order chi connectivity index (χ0) is 17.1. The van der Waals surface area contributed by atoms with E-state index in [2.05, 4.69) is 21.7 Å². The lowest BCUT2D eigenvalue weighted by Crippen LogP contribution is -2.47. The summed E-state index contributed by atoms with van der Waals surface area (Å²) in [6.45, 7) is 2.01. The van der Waals surface area contributed by atoms with Gasteiger partial charge in [0, 0.05) is 30.4 Å². The molecule has 1 aromatic heterocycles. The summed E-state index contributed by atoms with van der Waals surface area (Å²) in [6.07, 6.45) is 3.86. The van der Waals surface area contributed by atoms with E-state index < -0.39 is 0 Å². The average molecular weight is 350 g/mol. The molecule has 1 aliphatic carbocycles. The smallest absolute Gasteiger partial charge is 0.225 e. The van der Waals surface area contributed by atoms with Crippen LogP contribution in [0.1, 0.15) is 36.6 Å². The Kier molecular flexibility index (Phi) is 5.56. The van der Waals surface area contributed by atoms with Gasteiger partial charge in [0.25, 0.3) is 0 Å². The highest BCUT2D eigenvalue weighted by molar-refractivity contribution is 7.10. The number of carbonyl (C=O) groups is 2. The van der Waals surface area contributed by atoms with Crippen LogP contribution < -0.4 is 5.32 Å². The molecule has 2 heterocycles. The molecule has 1 N–H and O–H groups in total. The third-order valence-corrected chi connectivity index (χ3v) is 5.97. The lowest BCUT2D eigenvalue weighted by molar-refractivity contribution is -0.136. The number of nitrogens with one attached hydrogen (secondary N) is 1. The van der Waals surface area contributed by atoms with Crippen LogP contribution in [0.5, 0.6) is 0 Å². The molecule has 2 aliphatic rings. The van der Waals surface area contributed by atoms with Crippen molar-refractivity contribution in [3.8, 4) is 0 Å². The van der Waals surface area contributed by atoms with Crippen molar-refractivity contribution >= 4 is 23.2 Å². The number of likely N-dealkylation sites (N-methyl/N-ethyl adjacent to an activating group) is 1. The van der Waals surface area contributed by atoms with E-state index in [-0.39, 0.29) is 29.7 Å². The van der Waals surface area contributed by atoms with Gasteiger partial charge in [-0.2, -0.15) is 0 Å². The minimum atomic E-state index is -0.0624. The molecule has 1 aromatic rings. The fourth-order valence-electron chi connectivity index (χ4n) is 3.34. The Bertz CT molecular complexity index is 569. The summed E-state index contributed by atoms with van der Waals surface area (Å²) in [5, 5.41) is 5.18. The molecular weight excluding hydrogens is 322 g/mol. The molecule has 5 nitrogen and oxygen atoms in total. The molecule has 0 unspecified atom stereocenters. The average Bonchev–Trinajstić information content (AvgIpc) is 3.30. The van der Waals surface area contributed by atoms with Crippen molar-refractivity contribution in [1.82, 2.24) is 15.1 Å². The van der Waals surface area contributed by atoms with Crippen molar-refractivity contribution in [2.45, 2.75) is 31.7 Å². The number of hydrogen-bond donors (Lipinski definition) is 1. The van der Waals surface area contributed by atoms with E-state index in [9.17, 15) is 9.59 Å². The first-order valence-corrected chi connectivity index (χ1v) is 9.70. The summed E-state index contributed by atoms with van der Waals surface area (Å²) in [7, 11) is 4.07. The fourth-order valence-corrected chi connectivity index (χ4v) is 4.26. The number of hydrogen-bond acceptors (Lipinski definition) is 4. The Morgan fingerprint density at radius 2 is 2.12 bits per heavy atom. The van der Waals surface area contributed by atoms with Crippen molar-refractivity contribution in [3.63, 3.8) is 0 Å². The zero-order valence-electron chi connectivity index (χ0n) is 14.5. The summed E-state index contributed by atoms with van der Waals surface area (Å²) in [6, 6.07) is 4.35. The molecule has 1 aliphatic heterocycles. The fraction of sp³-hybridized carbons (Fsp3) is 0.667. The predicted molar refractivity (Wildman–Crippen MR) is 95.8 cm³/mol. The van der Waals surface area contributed by atoms with Crippen LogP contribution in [0.3, 0.4) is 0 Å². The van der Waals surface area contributed by atoms with Gasteiger partial charge < -0.3 is 15.1 Å². The predicted octanol–water partition coefficient (Wildman–Crippen LogP) is 2.12. The second kappa shape index (κ2) is 7.66. The number of likely N-dealkylation sites (tertiary alicyclic amines) is 1. The highest BCUT2D eigenvalue weighted by Gasteiger charge is 2.36. The summed E-state index contributed by atoms with van der Waals surface area (Å²) in [4.78, 5) is 30.1. The minimum Gasteiger partial charge on any atom is -0.354 e. The maximum absolute atomic E-state index is 12.6. The van der Waals surface area contributed by atoms with E-state index >= 15 is 0 Å². The molecule has 2 atom stereocenters. The van der Waals surface area contributed by atoms with Crippen molar-refractivity contribution in [2.24, 2.45) is 11.8 Å². The first kappa shape index (κ1) is 17.4. The Balaban J connectivity index is 1.53. The Morgan fingerprint density at radius 1 is 1.33 bits per heavy atom. The van der Waals surface area contributed by atoms with Gasteiger partial charge in [-0.05, 0) is 51.2 Å². The van der Waals surface area contributed by atoms with E-state index in [0.29, 0.717) is 13.1 Å². The quantitative estimate of drug-likeness (QED) is 0.856. The second-order valence-corrected chi connectivity index (χ2v) is 8.12. The molecule has 6 heteroatoms. The second-order valence-electron chi connectivity index (χ2n) is 7.14. The highest BCUT2D eigenvalue weighted by atomic mass is 32.1. The molecule has 0 bridgehead atoms. The van der Waals surface area contributed by atoms with Crippen molar-refractivity contribution in [3.05, 3.63) is 22.4 Å². The number of amides is 2. The first-order chi connectivity index (χ1) is 11.6. The molecule has 132 valence electrons. The largest absolute Gasteiger partial charge is 0.354 e. The van der Waals surface area contributed by atoms with E-state index in [1.807, 2.05) is 25.1 Å². The Morgan fingerprint density at radius 3 is 2.75 bits per heavy atom. The van der Waals surface area contributed by atoms with Gasteiger partial charge in [-0.1, -0.05) is 6.07 Å². The van der Waals surface area contributed by atoms with Gasteiger partial charge in [-0.15, -0.1) is 11.3 Å². The van der Waals surface area contributed by atoms with Gasteiger partial charge in [-0.3, -0.25) is 9.59 Å². The molecule has 3 rings (SSSR count). The van der Waals surface area contributed by atoms with Crippen LogP contribution >= 0.6 is 11.3 Å². The number of rotatable bonds is 6. The van der Waals surface area contributed by atoms with E-state index in [4.69, 9.17) is 0 Å². The monoisotopic (exact) mass is 349 g/mol. The third-order valence-electron chi connectivity index (χ3n) is 5.00. The van der Waals surface area contributed by atoms with Crippen LogP contribution in [-0.2, 0) is 9.59 Å². The minimum absolute atomic E-state index is 0.0624. The van der Waals surface area contributed by atoms with Crippen molar-refractivity contribution < 1.29 is 9.59 Å². The van der Waals surface area contributed by atoms with Gasteiger partial charge in [0.15, 0.2) is 0 Å². The van der Waals surface area contributed by atoms with Crippen LogP contribution in [0, 0.1) is 11.8 Å². The van der Waals surface area contributed by atoms with Gasteiger partial charge in [0.05, 0.1) is 12.0 Å². The summed E-state index contributed by atoms with van der Waals surface area (Å²) < 4.78 is 0. The molecule has 1 saturated heterocycles. The molecular formula is C18H27N3O2S.